The molecule has 1 atom stereocenters. The molecule has 13 nitrogen and oxygen atoms in total. The summed E-state index contributed by atoms with van der Waals surface area (Å²) >= 11 is 3.06. The average Bonchev–Trinajstić information content (AvgIpc) is 3.68. The van der Waals surface area contributed by atoms with E-state index in [1.54, 1.807) is 6.07 Å². The molecule has 55 heavy (non-hydrogen) atoms. The molecular formula is C41H67BrN4O9. The molecular weight excluding hydrogens is 772 g/mol. The Labute approximate surface area is 336 Å². The van der Waals surface area contributed by atoms with E-state index < -0.39 is 17.0 Å². The fourth-order valence-electron chi connectivity index (χ4n) is 6.48. The number of hydrogen-bond donors (Lipinski definition) is 1. The fraction of sp³-hybridized carbons (Fsp3) is 0.780. The highest BCUT2D eigenvalue weighted by atomic mass is 79.9. The van der Waals surface area contributed by atoms with Gasteiger partial charge in [0.05, 0.1) is 10.6 Å². The molecule has 2 aromatic rings. The summed E-state index contributed by atoms with van der Waals surface area (Å²) in [5.41, 5.74) is 1.04. The third-order valence-electron chi connectivity index (χ3n) is 9.72. The molecule has 14 heteroatoms. The summed E-state index contributed by atoms with van der Waals surface area (Å²) in [5.74, 6) is -1.19. The number of rotatable bonds is 36. The lowest BCUT2D eigenvalue weighted by molar-refractivity contribution is -0.383. The van der Waals surface area contributed by atoms with Gasteiger partial charge in [-0.25, -0.2) is 4.63 Å². The van der Waals surface area contributed by atoms with E-state index in [-0.39, 0.29) is 48.1 Å². The number of carbonyl (C=O) groups excluding carboxylic acids is 3. The first-order valence-corrected chi connectivity index (χ1v) is 22.2. The number of nitro groups is 1. The molecule has 0 amide bonds. The molecule has 2 rings (SSSR count). The molecule has 1 aromatic carbocycles. The lowest BCUT2D eigenvalue weighted by Gasteiger charge is -2.18. The Bertz CT molecular complexity index is 1340. The number of alkyl halides is 1. The number of non-ortho nitro benzene ring substituents is 1. The molecule has 0 radical (unpaired) electrons. The SMILES string of the molecule is CCCCCCCCCCCCCCCCCC(=O)OC[C@@H](COC(=O)CBr)OC(=O)CCCCCCCCCCCNc1ccc([N+](=O)[O-])c2nonc12. The molecule has 0 unspecified atom stereocenters. The van der Waals surface area contributed by atoms with Crippen LogP contribution in [0.5, 0.6) is 0 Å². The van der Waals surface area contributed by atoms with Crippen molar-refractivity contribution in [1.29, 1.82) is 0 Å². The van der Waals surface area contributed by atoms with Crippen LogP contribution >= 0.6 is 15.9 Å². The van der Waals surface area contributed by atoms with Crippen molar-refractivity contribution >= 4 is 56.2 Å². The van der Waals surface area contributed by atoms with Crippen LogP contribution in [0.3, 0.4) is 0 Å². The Hall–Kier alpha value is -3.29. The molecule has 312 valence electrons. The molecule has 1 N–H and O–H groups in total. The molecule has 0 saturated heterocycles. The van der Waals surface area contributed by atoms with Crippen molar-refractivity contribution < 1.29 is 38.1 Å². The number of anilines is 1. The first kappa shape index (κ1) is 47.9. The number of nitrogens with one attached hydrogen (secondary N) is 1. The van der Waals surface area contributed by atoms with Crippen LogP contribution < -0.4 is 5.32 Å². The third-order valence-corrected chi connectivity index (χ3v) is 10.2. The Morgan fingerprint density at radius 3 is 1.64 bits per heavy atom. The minimum Gasteiger partial charge on any atom is -0.462 e. The van der Waals surface area contributed by atoms with Crippen LogP contribution in [0.2, 0.25) is 0 Å². The molecule has 0 aliphatic heterocycles. The van der Waals surface area contributed by atoms with Crippen molar-refractivity contribution in [2.45, 2.75) is 180 Å². The minimum atomic E-state index is -0.829. The van der Waals surface area contributed by atoms with Crippen molar-refractivity contribution in [3.05, 3.63) is 22.2 Å². The Kier molecular flexibility index (Phi) is 27.7. The van der Waals surface area contributed by atoms with E-state index in [0.29, 0.717) is 24.0 Å². The van der Waals surface area contributed by atoms with Gasteiger partial charge in [-0.3, -0.25) is 24.5 Å². The van der Waals surface area contributed by atoms with Crippen LogP contribution in [0.25, 0.3) is 11.0 Å². The molecule has 1 aromatic heterocycles. The minimum absolute atomic E-state index is 0.0276. The summed E-state index contributed by atoms with van der Waals surface area (Å²) in [6.45, 7) is 2.69. The molecule has 0 spiro atoms. The van der Waals surface area contributed by atoms with E-state index in [9.17, 15) is 24.5 Å². The topological polar surface area (TPSA) is 173 Å². The fourth-order valence-corrected chi connectivity index (χ4v) is 6.64. The lowest BCUT2D eigenvalue weighted by atomic mass is 10.0. The van der Waals surface area contributed by atoms with E-state index in [1.807, 2.05) is 0 Å². The smallest absolute Gasteiger partial charge is 0.316 e. The second kappa shape index (κ2) is 31.9. The zero-order valence-electron chi connectivity index (χ0n) is 33.3. The first-order chi connectivity index (χ1) is 26.8. The van der Waals surface area contributed by atoms with Gasteiger partial charge < -0.3 is 19.5 Å². The highest BCUT2D eigenvalue weighted by Crippen LogP contribution is 2.28. The zero-order valence-corrected chi connectivity index (χ0v) is 34.9. The largest absolute Gasteiger partial charge is 0.462 e. The number of carbonyl (C=O) groups is 3. The zero-order chi connectivity index (χ0) is 39.8. The summed E-state index contributed by atoms with van der Waals surface area (Å²) in [7, 11) is 0. The van der Waals surface area contributed by atoms with Gasteiger partial charge in [0.25, 0.3) is 0 Å². The van der Waals surface area contributed by atoms with Crippen LogP contribution in [-0.4, -0.2) is 64.3 Å². The van der Waals surface area contributed by atoms with Crippen molar-refractivity contribution in [2.75, 3.05) is 30.4 Å². The van der Waals surface area contributed by atoms with Crippen LogP contribution in [0.4, 0.5) is 11.4 Å². The van der Waals surface area contributed by atoms with Gasteiger partial charge in [-0.2, -0.15) is 0 Å². The summed E-state index contributed by atoms with van der Waals surface area (Å²) in [4.78, 5) is 47.2. The molecule has 0 fully saturated rings. The van der Waals surface area contributed by atoms with Gasteiger partial charge in [0, 0.05) is 25.5 Å². The van der Waals surface area contributed by atoms with Gasteiger partial charge in [0.15, 0.2) is 11.6 Å². The normalized spacial score (nSPS) is 11.7. The number of nitro benzene ring substituents is 1. The number of fused-ring (bicyclic) bond motifs is 1. The highest BCUT2D eigenvalue weighted by Gasteiger charge is 2.20. The number of esters is 3. The van der Waals surface area contributed by atoms with E-state index >= 15 is 0 Å². The molecule has 1 heterocycles. The van der Waals surface area contributed by atoms with Gasteiger partial charge in [0.2, 0.25) is 5.52 Å². The summed E-state index contributed by atoms with van der Waals surface area (Å²) < 4.78 is 20.8. The predicted octanol–water partition coefficient (Wildman–Crippen LogP) is 11.1. The second-order valence-electron chi connectivity index (χ2n) is 14.5. The molecule has 0 bridgehead atoms. The number of halogens is 1. The highest BCUT2D eigenvalue weighted by molar-refractivity contribution is 9.09. The monoisotopic (exact) mass is 838 g/mol. The summed E-state index contributed by atoms with van der Waals surface area (Å²) in [5, 5.41) is 21.9. The Morgan fingerprint density at radius 2 is 1.13 bits per heavy atom. The number of ether oxygens (including phenoxy) is 3. The van der Waals surface area contributed by atoms with Gasteiger partial charge in [-0.05, 0) is 35.6 Å². The summed E-state index contributed by atoms with van der Waals surface area (Å²) in [6.07, 6.45) is 27.8. The van der Waals surface area contributed by atoms with Crippen molar-refractivity contribution in [2.24, 2.45) is 0 Å². The number of aromatic nitrogens is 2. The first-order valence-electron chi connectivity index (χ1n) is 21.1. The van der Waals surface area contributed by atoms with Crippen LogP contribution in [-0.2, 0) is 28.6 Å². The van der Waals surface area contributed by atoms with Gasteiger partial charge in [-0.15, -0.1) is 0 Å². The van der Waals surface area contributed by atoms with Gasteiger partial charge in [-0.1, -0.05) is 158 Å². The quantitative estimate of drug-likeness (QED) is 0.0172. The maximum absolute atomic E-state index is 12.5. The standard InChI is InChI=1S/C41H67BrN4O9/c1-2-3-4-5-6-7-8-9-10-11-12-14-17-20-23-26-37(47)52-32-34(33-53-39(49)31-42)54-38(48)27-24-21-18-15-13-16-19-22-25-30-43-35-28-29-36(46(50)51)41-40(35)44-55-45-41/h28-29,34,43H,2-27,30-33H2,1H3/t34-/m0/s1. The maximum Gasteiger partial charge on any atom is 0.316 e. The lowest BCUT2D eigenvalue weighted by Crippen LogP contribution is -2.31. The number of nitrogens with zero attached hydrogens (tertiary/aromatic N) is 3. The van der Waals surface area contributed by atoms with E-state index in [2.05, 4.69) is 38.5 Å². The number of benzene rings is 1. The van der Waals surface area contributed by atoms with Gasteiger partial charge in [0.1, 0.15) is 18.5 Å². The van der Waals surface area contributed by atoms with Crippen molar-refractivity contribution in [3.8, 4) is 0 Å². The third kappa shape index (κ3) is 23.4. The Balaban J connectivity index is 1.46. The second-order valence-corrected chi connectivity index (χ2v) is 15.1. The van der Waals surface area contributed by atoms with Crippen LogP contribution in [0.15, 0.2) is 16.8 Å². The van der Waals surface area contributed by atoms with Crippen LogP contribution in [0.1, 0.15) is 174 Å². The molecule has 0 aliphatic rings. The van der Waals surface area contributed by atoms with Crippen molar-refractivity contribution in [3.63, 3.8) is 0 Å². The number of hydrogen-bond acceptors (Lipinski definition) is 12. The predicted molar refractivity (Wildman–Crippen MR) is 218 cm³/mol. The number of unbranched alkanes of at least 4 members (excludes halogenated alkanes) is 22. The summed E-state index contributed by atoms with van der Waals surface area (Å²) in [6, 6.07) is 3.03. The van der Waals surface area contributed by atoms with Crippen molar-refractivity contribution in [1.82, 2.24) is 10.3 Å². The maximum atomic E-state index is 12.5. The van der Waals surface area contributed by atoms with E-state index in [1.165, 1.54) is 83.1 Å². The van der Waals surface area contributed by atoms with Crippen LogP contribution in [0, 0.1) is 10.1 Å². The molecule has 0 aliphatic carbocycles. The van der Waals surface area contributed by atoms with E-state index in [4.69, 9.17) is 18.8 Å². The molecule has 0 saturated carbocycles. The Morgan fingerprint density at radius 1 is 0.673 bits per heavy atom. The average molecular weight is 840 g/mol. The van der Waals surface area contributed by atoms with E-state index in [0.717, 1.165) is 77.2 Å². The van der Waals surface area contributed by atoms with Gasteiger partial charge >= 0.3 is 23.6 Å².